The molecule has 2 aromatic rings. The highest BCUT2D eigenvalue weighted by molar-refractivity contribution is 6.35. The van der Waals surface area contributed by atoms with Crippen molar-refractivity contribution in [1.82, 2.24) is 4.98 Å². The van der Waals surface area contributed by atoms with Crippen molar-refractivity contribution in [2.45, 2.75) is 13.3 Å². The lowest BCUT2D eigenvalue weighted by atomic mass is 10.1. The van der Waals surface area contributed by atoms with Crippen molar-refractivity contribution in [3.05, 3.63) is 40.0 Å². The zero-order chi connectivity index (χ0) is 10.1. The average Bonchev–Trinajstić information content (AvgIpc) is 2.19. The number of aryl methyl sites for hydroxylation is 1. The van der Waals surface area contributed by atoms with Crippen LogP contribution in [0.2, 0.25) is 10.2 Å². The molecule has 3 heteroatoms. The second-order valence-corrected chi connectivity index (χ2v) is 3.93. The van der Waals surface area contributed by atoms with Gasteiger partial charge in [-0.05, 0) is 36.2 Å². The number of benzene rings is 1. The molecule has 1 nitrogen and oxygen atoms in total. The Labute approximate surface area is 92.7 Å². The van der Waals surface area contributed by atoms with Gasteiger partial charge < -0.3 is 0 Å². The summed E-state index contributed by atoms with van der Waals surface area (Å²) < 4.78 is 0. The number of rotatable bonds is 1. The quantitative estimate of drug-likeness (QED) is 0.667. The summed E-state index contributed by atoms with van der Waals surface area (Å²) in [6.07, 6.45) is 0.971. The molecule has 1 heterocycles. The van der Waals surface area contributed by atoms with Gasteiger partial charge in [0.05, 0.1) is 10.5 Å². The van der Waals surface area contributed by atoms with Gasteiger partial charge in [-0.15, -0.1) is 0 Å². The van der Waals surface area contributed by atoms with E-state index in [9.17, 15) is 0 Å². The molecule has 0 atom stereocenters. The highest BCUT2D eigenvalue weighted by Crippen LogP contribution is 2.25. The number of nitrogens with zero attached hydrogens (tertiary/aromatic N) is 1. The Morgan fingerprint density at radius 2 is 2.00 bits per heavy atom. The Hall–Kier alpha value is -0.790. The summed E-state index contributed by atoms with van der Waals surface area (Å²) in [6, 6.07) is 7.74. The summed E-state index contributed by atoms with van der Waals surface area (Å²) in [5.74, 6) is 0. The summed E-state index contributed by atoms with van der Waals surface area (Å²) in [4.78, 5) is 4.18. The molecule has 1 aromatic heterocycles. The molecule has 0 amide bonds. The molecule has 0 aliphatic carbocycles. The Kier molecular flexibility index (Phi) is 2.62. The van der Waals surface area contributed by atoms with Crippen LogP contribution in [0.25, 0.3) is 10.9 Å². The topological polar surface area (TPSA) is 12.9 Å². The van der Waals surface area contributed by atoms with Crippen LogP contribution >= 0.6 is 23.2 Å². The Bertz CT molecular complexity index is 480. The monoisotopic (exact) mass is 225 g/mol. The maximum Gasteiger partial charge on any atom is 0.129 e. The molecule has 0 spiro atoms. The third-order valence-corrected chi connectivity index (χ3v) is 2.68. The van der Waals surface area contributed by atoms with Crippen molar-refractivity contribution in [2.24, 2.45) is 0 Å². The van der Waals surface area contributed by atoms with Gasteiger partial charge in [-0.3, -0.25) is 0 Å². The van der Waals surface area contributed by atoms with Crippen molar-refractivity contribution in [1.29, 1.82) is 0 Å². The molecule has 0 radical (unpaired) electrons. The summed E-state index contributed by atoms with van der Waals surface area (Å²) >= 11 is 11.9. The van der Waals surface area contributed by atoms with Gasteiger partial charge in [0.1, 0.15) is 5.15 Å². The predicted molar refractivity (Wildman–Crippen MR) is 61.1 cm³/mol. The highest BCUT2D eigenvalue weighted by atomic mass is 35.5. The second-order valence-electron chi connectivity index (χ2n) is 3.14. The van der Waals surface area contributed by atoms with E-state index >= 15 is 0 Å². The molecule has 72 valence electrons. The number of hydrogen-bond acceptors (Lipinski definition) is 1. The van der Waals surface area contributed by atoms with E-state index in [-0.39, 0.29) is 0 Å². The SMILES string of the molecule is CCc1cc(Cl)c2nc(Cl)ccc2c1. The molecule has 0 bridgehead atoms. The van der Waals surface area contributed by atoms with E-state index in [1.807, 2.05) is 12.1 Å². The lowest BCUT2D eigenvalue weighted by molar-refractivity contribution is 1.14. The first kappa shape index (κ1) is 9.75. The van der Waals surface area contributed by atoms with Crippen LogP contribution in [0.15, 0.2) is 24.3 Å². The van der Waals surface area contributed by atoms with Gasteiger partial charge in [0, 0.05) is 5.39 Å². The van der Waals surface area contributed by atoms with Gasteiger partial charge in [-0.1, -0.05) is 30.1 Å². The lowest BCUT2D eigenvalue weighted by Gasteiger charge is -2.03. The molecule has 1 aromatic carbocycles. The minimum absolute atomic E-state index is 0.476. The fraction of sp³-hybridized carbons (Fsp3) is 0.182. The second kappa shape index (κ2) is 3.76. The smallest absolute Gasteiger partial charge is 0.129 e. The Morgan fingerprint density at radius 3 is 2.71 bits per heavy atom. The van der Waals surface area contributed by atoms with Crippen LogP contribution in [0.4, 0.5) is 0 Å². The van der Waals surface area contributed by atoms with Crippen molar-refractivity contribution < 1.29 is 0 Å². The number of hydrogen-bond donors (Lipinski definition) is 0. The van der Waals surface area contributed by atoms with Gasteiger partial charge in [-0.2, -0.15) is 0 Å². The van der Waals surface area contributed by atoms with Gasteiger partial charge in [-0.25, -0.2) is 4.98 Å². The van der Waals surface area contributed by atoms with Crippen LogP contribution < -0.4 is 0 Å². The zero-order valence-electron chi connectivity index (χ0n) is 7.72. The zero-order valence-corrected chi connectivity index (χ0v) is 9.23. The average molecular weight is 226 g/mol. The molecule has 0 unspecified atom stereocenters. The fourth-order valence-corrected chi connectivity index (χ4v) is 1.87. The molecule has 0 N–H and O–H groups in total. The maximum absolute atomic E-state index is 6.09. The van der Waals surface area contributed by atoms with E-state index in [2.05, 4.69) is 18.0 Å². The number of halogens is 2. The number of aromatic nitrogens is 1. The Morgan fingerprint density at radius 1 is 1.21 bits per heavy atom. The first-order valence-electron chi connectivity index (χ1n) is 4.45. The van der Waals surface area contributed by atoms with Crippen LogP contribution in [0.5, 0.6) is 0 Å². The molecule has 2 rings (SSSR count). The standard InChI is InChI=1S/C11H9Cl2N/c1-2-7-5-8-3-4-10(13)14-11(8)9(12)6-7/h3-6H,2H2,1H3. The summed E-state index contributed by atoms with van der Waals surface area (Å²) in [5, 5.41) is 2.18. The third-order valence-electron chi connectivity index (χ3n) is 2.18. The molecule has 0 aliphatic heterocycles. The normalized spacial score (nSPS) is 10.8. The molecule has 14 heavy (non-hydrogen) atoms. The molecular formula is C11H9Cl2N. The highest BCUT2D eigenvalue weighted by Gasteiger charge is 2.03. The molecular weight excluding hydrogens is 217 g/mol. The molecule has 0 aliphatic rings. The van der Waals surface area contributed by atoms with E-state index in [4.69, 9.17) is 23.2 Å². The van der Waals surface area contributed by atoms with Crippen LogP contribution in [-0.2, 0) is 6.42 Å². The lowest BCUT2D eigenvalue weighted by Crippen LogP contribution is -1.85. The van der Waals surface area contributed by atoms with E-state index in [1.165, 1.54) is 5.56 Å². The van der Waals surface area contributed by atoms with Crippen LogP contribution in [0.1, 0.15) is 12.5 Å². The minimum Gasteiger partial charge on any atom is -0.235 e. The largest absolute Gasteiger partial charge is 0.235 e. The Balaban J connectivity index is 2.76. The fourth-order valence-electron chi connectivity index (χ4n) is 1.43. The van der Waals surface area contributed by atoms with Crippen LogP contribution in [0.3, 0.4) is 0 Å². The predicted octanol–water partition coefficient (Wildman–Crippen LogP) is 4.10. The first-order chi connectivity index (χ1) is 6.70. The van der Waals surface area contributed by atoms with Crippen LogP contribution in [-0.4, -0.2) is 4.98 Å². The number of fused-ring (bicyclic) bond motifs is 1. The van der Waals surface area contributed by atoms with Gasteiger partial charge in [0.25, 0.3) is 0 Å². The molecule has 0 saturated heterocycles. The van der Waals surface area contributed by atoms with Gasteiger partial charge in [0.2, 0.25) is 0 Å². The minimum atomic E-state index is 0.476. The van der Waals surface area contributed by atoms with E-state index in [0.29, 0.717) is 10.2 Å². The molecule has 0 fully saturated rings. The molecule has 0 saturated carbocycles. The summed E-state index contributed by atoms with van der Waals surface area (Å²) in [5.41, 5.74) is 1.99. The van der Waals surface area contributed by atoms with E-state index in [0.717, 1.165) is 17.3 Å². The van der Waals surface area contributed by atoms with Crippen molar-refractivity contribution in [3.8, 4) is 0 Å². The maximum atomic E-state index is 6.09. The van der Waals surface area contributed by atoms with E-state index < -0.39 is 0 Å². The number of pyridine rings is 1. The van der Waals surface area contributed by atoms with E-state index in [1.54, 1.807) is 6.07 Å². The van der Waals surface area contributed by atoms with Crippen molar-refractivity contribution in [3.63, 3.8) is 0 Å². The summed E-state index contributed by atoms with van der Waals surface area (Å²) in [7, 11) is 0. The van der Waals surface area contributed by atoms with Crippen molar-refractivity contribution >= 4 is 34.1 Å². The van der Waals surface area contributed by atoms with Gasteiger partial charge >= 0.3 is 0 Å². The van der Waals surface area contributed by atoms with Crippen LogP contribution in [0, 0.1) is 0 Å². The third kappa shape index (κ3) is 1.70. The van der Waals surface area contributed by atoms with Gasteiger partial charge in [0.15, 0.2) is 0 Å². The summed E-state index contributed by atoms with van der Waals surface area (Å²) in [6.45, 7) is 2.10. The first-order valence-corrected chi connectivity index (χ1v) is 5.21. The van der Waals surface area contributed by atoms with Crippen molar-refractivity contribution in [2.75, 3.05) is 0 Å².